The van der Waals surface area contributed by atoms with E-state index in [1.165, 1.54) is 21.9 Å². The van der Waals surface area contributed by atoms with E-state index in [9.17, 15) is 18.0 Å². The molecule has 1 aromatic heterocycles. The molecule has 3 N–H and O–H groups in total. The lowest BCUT2D eigenvalue weighted by Crippen LogP contribution is -2.30. The smallest absolute Gasteiger partial charge is 0.475 e. The van der Waals surface area contributed by atoms with Gasteiger partial charge in [0.05, 0.1) is 5.69 Å². The molecule has 0 radical (unpaired) electrons. The minimum atomic E-state index is -5.08. The third-order valence-corrected chi connectivity index (χ3v) is 4.94. The van der Waals surface area contributed by atoms with Gasteiger partial charge in [-0.15, -0.1) is 0 Å². The number of carbonyl (C=O) groups is 2. The van der Waals surface area contributed by atoms with Crippen molar-refractivity contribution in [2.24, 2.45) is 12.8 Å². The number of benzene rings is 2. The van der Waals surface area contributed by atoms with Gasteiger partial charge in [0.15, 0.2) is 0 Å². The number of alkyl halides is 3. The SMILES string of the molecule is Cn1nc(CN)cc1C(=O)N1CC=C(c2cccc3ccccc23)C1.O=C(O)C(F)(F)F. The van der Waals surface area contributed by atoms with Gasteiger partial charge in [0.2, 0.25) is 0 Å². The van der Waals surface area contributed by atoms with E-state index in [1.807, 2.05) is 17.0 Å². The van der Waals surface area contributed by atoms with Gasteiger partial charge in [-0.25, -0.2) is 4.79 Å². The lowest BCUT2D eigenvalue weighted by atomic mass is 9.99. The van der Waals surface area contributed by atoms with Crippen LogP contribution in [0.4, 0.5) is 13.2 Å². The summed E-state index contributed by atoms with van der Waals surface area (Å²) in [6.07, 6.45) is -2.94. The minimum absolute atomic E-state index is 0.0128. The van der Waals surface area contributed by atoms with E-state index in [1.54, 1.807) is 17.8 Å². The zero-order valence-corrected chi connectivity index (χ0v) is 17.1. The highest BCUT2D eigenvalue weighted by Crippen LogP contribution is 2.29. The van der Waals surface area contributed by atoms with E-state index < -0.39 is 12.1 Å². The quantitative estimate of drug-likeness (QED) is 0.644. The van der Waals surface area contributed by atoms with Crippen molar-refractivity contribution < 1.29 is 27.9 Å². The molecule has 0 atom stereocenters. The number of fused-ring (bicyclic) bond motifs is 1. The average Bonchev–Trinajstić information content (AvgIpc) is 3.39. The first-order valence-corrected chi connectivity index (χ1v) is 9.61. The number of halogens is 3. The van der Waals surface area contributed by atoms with E-state index in [4.69, 9.17) is 15.6 Å². The number of aromatic nitrogens is 2. The van der Waals surface area contributed by atoms with Gasteiger partial charge in [0.25, 0.3) is 5.91 Å². The summed E-state index contributed by atoms with van der Waals surface area (Å²) in [6, 6.07) is 16.4. The topological polar surface area (TPSA) is 101 Å². The zero-order valence-electron chi connectivity index (χ0n) is 17.1. The fraction of sp³-hybridized carbons (Fsp3) is 0.227. The third kappa shape index (κ3) is 4.97. The number of rotatable bonds is 3. The fourth-order valence-electron chi connectivity index (χ4n) is 3.40. The van der Waals surface area contributed by atoms with Crippen LogP contribution in [-0.4, -0.2) is 50.9 Å². The van der Waals surface area contributed by atoms with Gasteiger partial charge in [-0.1, -0.05) is 48.5 Å². The highest BCUT2D eigenvalue weighted by molar-refractivity contribution is 5.98. The average molecular weight is 446 g/mol. The molecule has 0 bridgehead atoms. The maximum absolute atomic E-state index is 12.8. The van der Waals surface area contributed by atoms with Crippen molar-refractivity contribution in [3.05, 3.63) is 71.6 Å². The molecule has 0 spiro atoms. The first kappa shape index (κ1) is 23.0. The van der Waals surface area contributed by atoms with E-state index in [0.29, 0.717) is 25.3 Å². The summed E-state index contributed by atoms with van der Waals surface area (Å²) < 4.78 is 33.3. The molecule has 32 heavy (non-hydrogen) atoms. The van der Waals surface area contributed by atoms with Crippen molar-refractivity contribution in [3.8, 4) is 0 Å². The molecule has 0 fully saturated rings. The molecule has 2 aromatic carbocycles. The van der Waals surface area contributed by atoms with Crippen LogP contribution in [0.15, 0.2) is 54.6 Å². The van der Waals surface area contributed by atoms with Crippen LogP contribution in [0, 0.1) is 0 Å². The number of nitrogens with zero attached hydrogens (tertiary/aromatic N) is 3. The Hall–Kier alpha value is -3.66. The van der Waals surface area contributed by atoms with Gasteiger partial charge in [0, 0.05) is 26.7 Å². The molecular formula is C22H21F3N4O3. The highest BCUT2D eigenvalue weighted by atomic mass is 19.4. The van der Waals surface area contributed by atoms with E-state index in [0.717, 1.165) is 5.69 Å². The van der Waals surface area contributed by atoms with E-state index >= 15 is 0 Å². The summed E-state index contributed by atoms with van der Waals surface area (Å²) >= 11 is 0. The molecule has 1 aliphatic heterocycles. The summed E-state index contributed by atoms with van der Waals surface area (Å²) in [5, 5.41) is 13.8. The van der Waals surface area contributed by atoms with Gasteiger partial charge >= 0.3 is 12.1 Å². The van der Waals surface area contributed by atoms with Gasteiger partial charge in [-0.2, -0.15) is 18.3 Å². The molecule has 1 amide bonds. The molecular weight excluding hydrogens is 425 g/mol. The van der Waals surface area contributed by atoms with Crippen LogP contribution in [0.2, 0.25) is 0 Å². The van der Waals surface area contributed by atoms with E-state index in [2.05, 4.69) is 41.5 Å². The van der Waals surface area contributed by atoms with Crippen LogP contribution in [-0.2, 0) is 18.4 Å². The Labute approximate surface area is 181 Å². The largest absolute Gasteiger partial charge is 0.490 e. The molecule has 2 heterocycles. The zero-order chi connectivity index (χ0) is 23.5. The summed E-state index contributed by atoms with van der Waals surface area (Å²) in [4.78, 5) is 23.6. The second kappa shape index (κ2) is 9.23. The van der Waals surface area contributed by atoms with Crippen LogP contribution >= 0.6 is 0 Å². The second-order valence-electron chi connectivity index (χ2n) is 7.09. The van der Waals surface area contributed by atoms with Crippen LogP contribution in [0.3, 0.4) is 0 Å². The molecule has 1 aliphatic rings. The molecule has 0 unspecified atom stereocenters. The van der Waals surface area contributed by atoms with Crippen LogP contribution in [0.25, 0.3) is 16.3 Å². The number of amides is 1. The molecule has 10 heteroatoms. The van der Waals surface area contributed by atoms with Crippen molar-refractivity contribution in [2.45, 2.75) is 12.7 Å². The van der Waals surface area contributed by atoms with Crippen LogP contribution in [0.1, 0.15) is 21.7 Å². The number of aliphatic carboxylic acids is 1. The first-order chi connectivity index (χ1) is 15.1. The number of aryl methyl sites for hydroxylation is 1. The molecule has 0 saturated heterocycles. The Morgan fingerprint density at radius 3 is 2.44 bits per heavy atom. The molecule has 168 valence electrons. The summed E-state index contributed by atoms with van der Waals surface area (Å²) in [7, 11) is 1.78. The van der Waals surface area contributed by atoms with Crippen molar-refractivity contribution in [3.63, 3.8) is 0 Å². The van der Waals surface area contributed by atoms with Gasteiger partial charge in [-0.3, -0.25) is 9.48 Å². The Balaban J connectivity index is 0.000000360. The standard InChI is InChI=1S/C20H20N4O.C2HF3O2/c1-23-19(11-16(12-21)22-23)20(25)24-10-9-15(13-24)18-8-4-6-14-5-2-3-7-17(14)18;3-2(4,5)1(6)7/h2-9,11H,10,12-13,21H2,1H3;(H,6,7). The van der Waals surface area contributed by atoms with Crippen molar-refractivity contribution in [1.29, 1.82) is 0 Å². The Kier molecular flexibility index (Phi) is 6.64. The summed E-state index contributed by atoms with van der Waals surface area (Å²) in [5.74, 6) is -2.77. The number of carboxylic acids is 1. The van der Waals surface area contributed by atoms with Crippen molar-refractivity contribution >= 4 is 28.2 Å². The number of carboxylic acid groups (broad SMARTS) is 1. The number of hydrogen-bond acceptors (Lipinski definition) is 4. The molecule has 0 aliphatic carbocycles. The first-order valence-electron chi connectivity index (χ1n) is 9.61. The van der Waals surface area contributed by atoms with Crippen LogP contribution < -0.4 is 5.73 Å². The van der Waals surface area contributed by atoms with Gasteiger partial charge in [-0.05, 0) is 28.0 Å². The number of carbonyl (C=O) groups excluding carboxylic acids is 1. The normalized spacial score (nSPS) is 13.5. The molecule has 7 nitrogen and oxygen atoms in total. The second-order valence-corrected chi connectivity index (χ2v) is 7.09. The lowest BCUT2D eigenvalue weighted by Gasteiger charge is -2.17. The fourth-order valence-corrected chi connectivity index (χ4v) is 3.40. The third-order valence-electron chi connectivity index (χ3n) is 4.94. The maximum Gasteiger partial charge on any atom is 0.490 e. The molecule has 0 saturated carbocycles. The highest BCUT2D eigenvalue weighted by Gasteiger charge is 2.38. The summed E-state index contributed by atoms with van der Waals surface area (Å²) in [6.45, 7) is 1.55. The van der Waals surface area contributed by atoms with Crippen LogP contribution in [0.5, 0.6) is 0 Å². The van der Waals surface area contributed by atoms with Gasteiger partial charge in [0.1, 0.15) is 5.69 Å². The minimum Gasteiger partial charge on any atom is -0.475 e. The predicted octanol–water partition coefficient (Wildman–Crippen LogP) is 3.20. The maximum atomic E-state index is 12.8. The van der Waals surface area contributed by atoms with Gasteiger partial charge < -0.3 is 15.7 Å². The van der Waals surface area contributed by atoms with Crippen molar-refractivity contribution in [1.82, 2.24) is 14.7 Å². The Morgan fingerprint density at radius 1 is 1.16 bits per heavy atom. The summed E-state index contributed by atoms with van der Waals surface area (Å²) in [5.41, 5.74) is 9.31. The molecule has 3 aromatic rings. The Bertz CT molecular complexity index is 1180. The predicted molar refractivity (Wildman–Crippen MR) is 113 cm³/mol. The lowest BCUT2D eigenvalue weighted by molar-refractivity contribution is -0.192. The number of nitrogens with two attached hydrogens (primary N) is 1. The molecule has 4 rings (SSSR count). The monoisotopic (exact) mass is 446 g/mol. The number of hydrogen-bond donors (Lipinski definition) is 2. The van der Waals surface area contributed by atoms with E-state index in [-0.39, 0.29) is 5.91 Å². The Morgan fingerprint density at radius 2 is 1.81 bits per heavy atom. The van der Waals surface area contributed by atoms with Crippen molar-refractivity contribution in [2.75, 3.05) is 13.1 Å².